The molecule has 2 atom stereocenters. The van der Waals surface area contributed by atoms with E-state index >= 15 is 4.79 Å². The second-order valence-electron chi connectivity index (χ2n) is 14.2. The van der Waals surface area contributed by atoms with E-state index in [1.807, 2.05) is 34.1 Å². The number of carbonyl (C=O) groups is 1. The molecule has 4 aromatic rings. The van der Waals surface area contributed by atoms with Gasteiger partial charge in [0, 0.05) is 77.8 Å². The number of nitrogens with one attached hydrogen (secondary N) is 2. The summed E-state index contributed by atoms with van der Waals surface area (Å²) < 4.78 is 86.1. The Morgan fingerprint density at radius 1 is 0.638 bits per heavy atom. The highest BCUT2D eigenvalue weighted by Gasteiger charge is 2.43. The fourth-order valence-corrected chi connectivity index (χ4v) is 8.38. The molecule has 11 nitrogen and oxygen atoms in total. The van der Waals surface area contributed by atoms with Crippen molar-refractivity contribution in [1.29, 1.82) is 0 Å². The summed E-state index contributed by atoms with van der Waals surface area (Å²) in [6.07, 6.45) is -9.70. The van der Waals surface area contributed by atoms with E-state index in [1.54, 1.807) is 26.2 Å². The van der Waals surface area contributed by atoms with Gasteiger partial charge in [0.1, 0.15) is 0 Å². The predicted molar refractivity (Wildman–Crippen MR) is 216 cm³/mol. The van der Waals surface area contributed by atoms with Gasteiger partial charge in [-0.15, -0.1) is 0 Å². The molecule has 4 heterocycles. The largest absolute Gasteiger partial charge is 0.436 e. The molecule has 58 heavy (non-hydrogen) atoms. The molecule has 2 aromatic carbocycles. The third-order valence-corrected chi connectivity index (χ3v) is 12.4. The number of rotatable bonds is 12. The lowest BCUT2D eigenvalue weighted by Crippen LogP contribution is -2.61. The average Bonchev–Trinajstić information content (AvgIpc) is 3.65. The first-order chi connectivity index (χ1) is 27.3. The van der Waals surface area contributed by atoms with E-state index in [1.165, 1.54) is 13.8 Å². The first-order valence-electron chi connectivity index (χ1n) is 18.4. The van der Waals surface area contributed by atoms with Gasteiger partial charge in [0.05, 0.1) is 68.0 Å². The van der Waals surface area contributed by atoms with Crippen LogP contribution in [-0.4, -0.2) is 114 Å². The Labute approximate surface area is 351 Å². The Hall–Kier alpha value is -3.61. The third kappa shape index (κ3) is 9.24. The minimum absolute atomic E-state index is 0.0183. The maximum atomic E-state index is 15.2. The fraction of sp³-hybridized carbons (Fsp3) is 0.486. The van der Waals surface area contributed by atoms with Crippen molar-refractivity contribution in [1.82, 2.24) is 29.4 Å². The van der Waals surface area contributed by atoms with E-state index < -0.39 is 51.7 Å². The highest BCUT2D eigenvalue weighted by atomic mass is 35.5. The van der Waals surface area contributed by atoms with E-state index in [0.717, 1.165) is 32.1 Å². The number of halogens is 10. The van der Waals surface area contributed by atoms with Gasteiger partial charge in [0.25, 0.3) is 0 Å². The molecule has 21 heteroatoms. The van der Waals surface area contributed by atoms with Gasteiger partial charge in [-0.3, -0.25) is 24.0 Å². The maximum Gasteiger partial charge on any atom is 0.436 e. The van der Waals surface area contributed by atoms with Crippen molar-refractivity contribution in [2.24, 2.45) is 0 Å². The van der Waals surface area contributed by atoms with Crippen molar-refractivity contribution < 1.29 is 31.1 Å². The number of aromatic nitrogens is 4. The smallest absolute Gasteiger partial charge is 0.387 e. The van der Waals surface area contributed by atoms with Crippen LogP contribution in [0.2, 0.25) is 20.1 Å². The van der Waals surface area contributed by atoms with Gasteiger partial charge in [0.15, 0.2) is 17.2 Å². The van der Waals surface area contributed by atoms with Crippen LogP contribution in [0.1, 0.15) is 22.8 Å². The zero-order valence-electron chi connectivity index (χ0n) is 32.0. The van der Waals surface area contributed by atoms with E-state index in [0.29, 0.717) is 62.4 Å². The number of ketones is 1. The Bertz CT molecular complexity index is 1960. The molecule has 0 saturated carbocycles. The second kappa shape index (κ2) is 17.5. The van der Waals surface area contributed by atoms with Crippen molar-refractivity contribution in [3.8, 4) is 0 Å². The van der Waals surface area contributed by atoms with Crippen LogP contribution in [0.4, 0.5) is 49.1 Å². The average molecular weight is 899 g/mol. The molecular formula is C37H42Cl4F6N10O. The van der Waals surface area contributed by atoms with Crippen LogP contribution >= 0.6 is 46.4 Å². The van der Waals surface area contributed by atoms with Gasteiger partial charge in [0.2, 0.25) is 0 Å². The Balaban J connectivity index is 1.35. The van der Waals surface area contributed by atoms with Gasteiger partial charge in [-0.2, -0.15) is 36.5 Å². The molecule has 2 aliphatic rings. The van der Waals surface area contributed by atoms with Gasteiger partial charge >= 0.3 is 12.4 Å². The molecule has 2 saturated heterocycles. The van der Waals surface area contributed by atoms with Crippen LogP contribution in [-0.2, 0) is 30.2 Å². The Kier molecular flexibility index (Phi) is 13.3. The maximum absolute atomic E-state index is 15.2. The first-order valence-corrected chi connectivity index (χ1v) is 19.9. The Morgan fingerprint density at radius 2 is 0.983 bits per heavy atom. The number of carbonyl (C=O) groups excluding carboxylic acids is 1. The van der Waals surface area contributed by atoms with Gasteiger partial charge in [-0.05, 0) is 50.2 Å². The fourth-order valence-electron chi connectivity index (χ4n) is 7.47. The number of hydrogen-bond donors (Lipinski definition) is 2. The van der Waals surface area contributed by atoms with Crippen molar-refractivity contribution in [3.05, 3.63) is 79.3 Å². The SMILES string of the molecule is CNc1cc(N2CCN(C(Cn3nc(C(F)(F)F)c(Cl)c3C)C(=O)C(Cn3nc(C(F)(F)F)c(Cl)c3C)N3CCN(c4ccc(Cl)c(NC)c4)CC3)CC2)ccc1Cl. The van der Waals surface area contributed by atoms with Crippen LogP contribution in [0.25, 0.3) is 0 Å². The van der Waals surface area contributed by atoms with Gasteiger partial charge < -0.3 is 20.4 Å². The highest BCUT2D eigenvalue weighted by molar-refractivity contribution is 6.34. The zero-order valence-corrected chi connectivity index (χ0v) is 35.0. The van der Waals surface area contributed by atoms with Crippen molar-refractivity contribution in [2.45, 2.75) is 51.4 Å². The van der Waals surface area contributed by atoms with E-state index in [9.17, 15) is 26.3 Å². The lowest BCUT2D eigenvalue weighted by Gasteiger charge is -2.43. The number of anilines is 4. The molecule has 0 spiro atoms. The van der Waals surface area contributed by atoms with Crippen LogP contribution in [0.15, 0.2) is 36.4 Å². The van der Waals surface area contributed by atoms with Crippen LogP contribution in [0, 0.1) is 13.8 Å². The summed E-state index contributed by atoms with van der Waals surface area (Å²) in [5.74, 6) is -0.422. The van der Waals surface area contributed by atoms with Gasteiger partial charge in [-0.25, -0.2) is 0 Å². The van der Waals surface area contributed by atoms with E-state index in [-0.39, 0.29) is 24.5 Å². The van der Waals surface area contributed by atoms with Crippen LogP contribution < -0.4 is 20.4 Å². The second-order valence-corrected chi connectivity index (χ2v) is 15.7. The summed E-state index contributed by atoms with van der Waals surface area (Å²) in [4.78, 5) is 23.2. The number of alkyl halides is 6. The standard InChI is InChI=1S/C37H42Cl4F6N10O/c1-21-31(40)34(36(42,43)44)50-56(21)19-29(54-13-9-52(10-14-54)23-5-7-25(38)27(17-23)48-3)33(58)30(20-57-22(2)32(41)35(51-57)37(45,46)47)55-15-11-53(12-16-55)24-6-8-26(39)28(18-24)49-4/h5-8,17-18,29-30,48-49H,9-16,19-20H2,1-4H3. The number of hydrogen-bond acceptors (Lipinski definition) is 9. The monoisotopic (exact) mass is 896 g/mol. The molecule has 2 aromatic heterocycles. The zero-order chi connectivity index (χ0) is 42.3. The molecule has 0 amide bonds. The topological polar surface area (TPSA) is 89.7 Å². The first kappa shape index (κ1) is 44.0. The molecule has 0 radical (unpaired) electrons. The van der Waals surface area contributed by atoms with Crippen molar-refractivity contribution in [3.63, 3.8) is 0 Å². The minimum Gasteiger partial charge on any atom is -0.387 e. The lowest BCUT2D eigenvalue weighted by atomic mass is 9.99. The molecule has 2 unspecified atom stereocenters. The molecule has 0 aliphatic carbocycles. The number of piperazine rings is 2. The van der Waals surface area contributed by atoms with Crippen molar-refractivity contribution in [2.75, 3.05) is 86.9 Å². The molecule has 2 fully saturated rings. The van der Waals surface area contributed by atoms with Crippen LogP contribution in [0.5, 0.6) is 0 Å². The number of nitrogens with zero attached hydrogens (tertiary/aromatic N) is 8. The normalized spacial score (nSPS) is 17.1. The van der Waals surface area contributed by atoms with Crippen LogP contribution in [0.3, 0.4) is 0 Å². The molecular weight excluding hydrogens is 856 g/mol. The summed E-state index contributed by atoms with van der Waals surface area (Å²) in [5.41, 5.74) is 0.702. The lowest BCUT2D eigenvalue weighted by molar-refractivity contribution is -0.142. The molecule has 2 N–H and O–H groups in total. The molecule has 0 bridgehead atoms. The summed E-state index contributed by atoms with van der Waals surface area (Å²) >= 11 is 25.0. The molecule has 316 valence electrons. The summed E-state index contributed by atoms with van der Waals surface area (Å²) in [7, 11) is 3.51. The number of benzene rings is 2. The Morgan fingerprint density at radius 3 is 1.28 bits per heavy atom. The quantitative estimate of drug-likeness (QED) is 0.137. The third-order valence-electron chi connectivity index (χ3n) is 10.8. The number of Topliss-reactive ketones (excluding diaryl/α,β-unsaturated/α-hetero) is 1. The van der Waals surface area contributed by atoms with Crippen molar-refractivity contribution >= 4 is 74.9 Å². The van der Waals surface area contributed by atoms with E-state index in [2.05, 4.69) is 30.6 Å². The highest BCUT2D eigenvalue weighted by Crippen LogP contribution is 2.38. The molecule has 6 rings (SSSR count). The predicted octanol–water partition coefficient (Wildman–Crippen LogP) is 8.08. The summed E-state index contributed by atoms with van der Waals surface area (Å²) in [5, 5.41) is 13.7. The summed E-state index contributed by atoms with van der Waals surface area (Å²) in [6.45, 7) is 5.27. The minimum atomic E-state index is -4.85. The van der Waals surface area contributed by atoms with E-state index in [4.69, 9.17) is 46.4 Å². The van der Waals surface area contributed by atoms with Gasteiger partial charge in [-0.1, -0.05) is 46.4 Å². The molecule has 2 aliphatic heterocycles. The summed E-state index contributed by atoms with van der Waals surface area (Å²) in [6, 6.07) is 8.97.